The maximum atomic E-state index is 12.0. The number of ether oxygens (including phenoxy) is 3. The van der Waals surface area contributed by atoms with E-state index >= 15 is 0 Å². The van der Waals surface area contributed by atoms with Crippen LogP contribution < -0.4 is 16.0 Å². The van der Waals surface area contributed by atoms with Gasteiger partial charge in [-0.1, -0.05) is 0 Å². The number of carbonyl (C=O) groups excluding carboxylic acids is 3. The molecule has 0 fully saturated rings. The second-order valence-corrected chi connectivity index (χ2v) is 10.2. The van der Waals surface area contributed by atoms with E-state index in [9.17, 15) is 14.4 Å². The molecule has 0 rings (SSSR count). The SMILES string of the molecule is C[C@H](CCCN/C(=N/C(=O)OC(C)(C)C)NC(=O)OC(C)(C)C)NC(=O)OC(C)(C)C. The summed E-state index contributed by atoms with van der Waals surface area (Å²) >= 11 is 0. The van der Waals surface area contributed by atoms with E-state index in [1.54, 1.807) is 62.3 Å². The molecule has 3 N–H and O–H groups in total. The number of aliphatic imine (C=N–C) groups is 1. The fourth-order valence-corrected chi connectivity index (χ4v) is 2.08. The number of carbonyl (C=O) groups is 3. The minimum absolute atomic E-state index is 0.0729. The summed E-state index contributed by atoms with van der Waals surface area (Å²) in [7, 11) is 0. The average Bonchev–Trinajstić information content (AvgIpc) is 2.45. The van der Waals surface area contributed by atoms with E-state index in [0.29, 0.717) is 19.4 Å². The summed E-state index contributed by atoms with van der Waals surface area (Å²) < 4.78 is 15.6. The lowest BCUT2D eigenvalue weighted by atomic mass is 10.2. The van der Waals surface area contributed by atoms with Gasteiger partial charge in [0.05, 0.1) is 0 Å². The van der Waals surface area contributed by atoms with E-state index in [0.717, 1.165) is 0 Å². The Morgan fingerprint density at radius 2 is 1.29 bits per heavy atom. The maximum Gasteiger partial charge on any atom is 0.437 e. The zero-order chi connectivity index (χ0) is 24.5. The van der Waals surface area contributed by atoms with Crippen LogP contribution in [0.15, 0.2) is 4.99 Å². The van der Waals surface area contributed by atoms with E-state index in [2.05, 4.69) is 20.9 Å². The molecule has 0 heterocycles. The zero-order valence-corrected chi connectivity index (χ0v) is 20.6. The first kappa shape index (κ1) is 28.5. The smallest absolute Gasteiger partial charge is 0.437 e. The molecule has 31 heavy (non-hydrogen) atoms. The van der Waals surface area contributed by atoms with E-state index in [4.69, 9.17) is 14.2 Å². The third-order valence-corrected chi connectivity index (χ3v) is 3.09. The quantitative estimate of drug-likeness (QED) is 0.252. The first-order valence-corrected chi connectivity index (χ1v) is 10.4. The van der Waals surface area contributed by atoms with Gasteiger partial charge in [-0.05, 0) is 82.1 Å². The van der Waals surface area contributed by atoms with Gasteiger partial charge in [-0.15, -0.1) is 4.99 Å². The first-order chi connectivity index (χ1) is 13.9. The molecule has 0 aliphatic rings. The number of hydrogen-bond donors (Lipinski definition) is 3. The number of rotatable bonds is 5. The van der Waals surface area contributed by atoms with Gasteiger partial charge in [0.25, 0.3) is 0 Å². The van der Waals surface area contributed by atoms with Crippen molar-refractivity contribution in [3.63, 3.8) is 0 Å². The van der Waals surface area contributed by atoms with Crippen LogP contribution >= 0.6 is 0 Å². The topological polar surface area (TPSA) is 127 Å². The molecule has 0 aromatic rings. The number of guanidine groups is 1. The van der Waals surface area contributed by atoms with Crippen LogP contribution in [-0.2, 0) is 14.2 Å². The summed E-state index contributed by atoms with van der Waals surface area (Å²) in [4.78, 5) is 39.6. The van der Waals surface area contributed by atoms with Gasteiger partial charge in [0.15, 0.2) is 0 Å². The number of nitrogens with one attached hydrogen (secondary N) is 3. The summed E-state index contributed by atoms with van der Waals surface area (Å²) in [6.07, 6.45) is -0.807. The van der Waals surface area contributed by atoms with Crippen LogP contribution in [0.4, 0.5) is 14.4 Å². The van der Waals surface area contributed by atoms with Crippen LogP contribution in [0.3, 0.4) is 0 Å². The van der Waals surface area contributed by atoms with Gasteiger partial charge in [0.1, 0.15) is 16.8 Å². The molecule has 0 spiro atoms. The van der Waals surface area contributed by atoms with E-state index in [1.165, 1.54) is 0 Å². The zero-order valence-electron chi connectivity index (χ0n) is 20.6. The molecular formula is C21H40N4O6. The Morgan fingerprint density at radius 3 is 1.77 bits per heavy atom. The van der Waals surface area contributed by atoms with Crippen molar-refractivity contribution in [3.8, 4) is 0 Å². The number of nitrogens with zero attached hydrogens (tertiary/aromatic N) is 1. The fraction of sp³-hybridized carbons (Fsp3) is 0.810. The van der Waals surface area contributed by atoms with Gasteiger partial charge in [0.2, 0.25) is 5.96 Å². The predicted octanol–water partition coefficient (Wildman–Crippen LogP) is 4.09. The van der Waals surface area contributed by atoms with Gasteiger partial charge >= 0.3 is 18.3 Å². The molecule has 10 nitrogen and oxygen atoms in total. The van der Waals surface area contributed by atoms with Crippen molar-refractivity contribution in [2.75, 3.05) is 6.54 Å². The second-order valence-electron chi connectivity index (χ2n) is 10.2. The Kier molecular flexibility index (Phi) is 10.8. The lowest BCUT2D eigenvalue weighted by Gasteiger charge is -2.22. The van der Waals surface area contributed by atoms with Gasteiger partial charge < -0.3 is 24.8 Å². The molecule has 1 atom stereocenters. The average molecular weight is 445 g/mol. The van der Waals surface area contributed by atoms with Crippen LogP contribution in [-0.4, -0.2) is 53.6 Å². The largest absolute Gasteiger partial charge is 0.444 e. The fourth-order valence-electron chi connectivity index (χ4n) is 2.08. The molecule has 0 aromatic heterocycles. The Balaban J connectivity index is 4.77. The molecule has 0 aliphatic carbocycles. The van der Waals surface area contributed by atoms with Crippen LogP contribution in [0.25, 0.3) is 0 Å². The Labute approximate surface area is 185 Å². The molecular weight excluding hydrogens is 404 g/mol. The van der Waals surface area contributed by atoms with Crippen LogP contribution in [0.1, 0.15) is 82.1 Å². The highest BCUT2D eigenvalue weighted by Gasteiger charge is 2.21. The second kappa shape index (κ2) is 11.8. The summed E-state index contributed by atoms with van der Waals surface area (Å²) in [5.74, 6) is -0.0729. The normalized spacial score (nSPS) is 13.7. The molecule has 180 valence electrons. The molecule has 0 aliphatic heterocycles. The predicted molar refractivity (Wildman–Crippen MR) is 119 cm³/mol. The standard InChI is InChI=1S/C21H40N4O6/c1-14(23-16(26)29-19(2,3)4)12-11-13-22-15(24-17(27)30-20(5,6)7)25-18(28)31-21(8,9)10/h14H,11-13H2,1-10H3,(H,23,26)(H2,22,24,25,27,28)/t14-/m1/s1. The van der Waals surface area contributed by atoms with Crippen molar-refractivity contribution in [2.24, 2.45) is 4.99 Å². The third kappa shape index (κ3) is 18.0. The highest BCUT2D eigenvalue weighted by molar-refractivity contribution is 5.98. The molecule has 0 bridgehead atoms. The minimum Gasteiger partial charge on any atom is -0.444 e. The molecule has 10 heteroatoms. The van der Waals surface area contributed by atoms with Crippen molar-refractivity contribution in [3.05, 3.63) is 0 Å². The monoisotopic (exact) mass is 444 g/mol. The summed E-state index contributed by atoms with van der Waals surface area (Å²) in [5.41, 5.74) is -1.99. The van der Waals surface area contributed by atoms with Crippen molar-refractivity contribution in [1.29, 1.82) is 0 Å². The van der Waals surface area contributed by atoms with E-state index in [-0.39, 0.29) is 12.0 Å². The van der Waals surface area contributed by atoms with Crippen LogP contribution in [0.2, 0.25) is 0 Å². The van der Waals surface area contributed by atoms with Gasteiger partial charge in [-0.2, -0.15) is 0 Å². The Morgan fingerprint density at radius 1 is 0.806 bits per heavy atom. The van der Waals surface area contributed by atoms with Crippen molar-refractivity contribution >= 4 is 24.2 Å². The Hall–Kier alpha value is -2.52. The van der Waals surface area contributed by atoms with E-state index in [1.807, 2.05) is 6.92 Å². The van der Waals surface area contributed by atoms with Crippen molar-refractivity contribution in [2.45, 2.75) is 105 Å². The van der Waals surface area contributed by atoms with Crippen LogP contribution in [0.5, 0.6) is 0 Å². The summed E-state index contributed by atoms with van der Waals surface area (Å²) in [6.45, 7) is 18.0. The lowest BCUT2D eigenvalue weighted by Crippen LogP contribution is -2.44. The van der Waals surface area contributed by atoms with Crippen LogP contribution in [0, 0.1) is 0 Å². The molecule has 0 aromatic carbocycles. The Bertz CT molecular complexity index is 642. The highest BCUT2D eigenvalue weighted by atomic mass is 16.6. The molecule has 0 saturated carbocycles. The molecule has 3 amide bonds. The highest BCUT2D eigenvalue weighted by Crippen LogP contribution is 2.09. The van der Waals surface area contributed by atoms with Gasteiger partial charge in [-0.25, -0.2) is 14.4 Å². The molecule has 0 saturated heterocycles. The summed E-state index contributed by atoms with van der Waals surface area (Å²) in [6, 6.07) is -0.123. The summed E-state index contributed by atoms with van der Waals surface area (Å²) in [5, 5.41) is 8.07. The first-order valence-electron chi connectivity index (χ1n) is 10.4. The number of amides is 3. The van der Waals surface area contributed by atoms with Gasteiger partial charge in [-0.3, -0.25) is 5.32 Å². The lowest BCUT2D eigenvalue weighted by molar-refractivity contribution is 0.0501. The maximum absolute atomic E-state index is 12.0. The minimum atomic E-state index is -0.842. The van der Waals surface area contributed by atoms with Crippen molar-refractivity contribution in [1.82, 2.24) is 16.0 Å². The number of hydrogen-bond acceptors (Lipinski definition) is 6. The van der Waals surface area contributed by atoms with E-state index < -0.39 is 35.1 Å². The van der Waals surface area contributed by atoms with Gasteiger partial charge in [0, 0.05) is 12.6 Å². The molecule has 0 radical (unpaired) electrons. The number of alkyl carbamates (subject to hydrolysis) is 2. The third-order valence-electron chi connectivity index (χ3n) is 3.09. The molecule has 0 unspecified atom stereocenters. The van der Waals surface area contributed by atoms with Crippen molar-refractivity contribution < 1.29 is 28.6 Å².